The molecule has 162 valence electrons. The number of fused-ring (bicyclic) bond motifs is 1. The zero-order chi connectivity index (χ0) is 20.3. The van der Waals surface area contributed by atoms with Gasteiger partial charge in [-0.05, 0) is 57.0 Å². The minimum atomic E-state index is 0.126. The average Bonchev–Trinajstić information content (AvgIpc) is 3.33. The molecule has 0 spiro atoms. The van der Waals surface area contributed by atoms with Gasteiger partial charge in [-0.25, -0.2) is 4.98 Å². The molecule has 3 heterocycles. The summed E-state index contributed by atoms with van der Waals surface area (Å²) in [7, 11) is 0. The Balaban J connectivity index is 1.21. The number of nitrogens with zero attached hydrogens (tertiary/aromatic N) is 5. The second kappa shape index (κ2) is 9.06. The van der Waals surface area contributed by atoms with E-state index < -0.39 is 0 Å². The van der Waals surface area contributed by atoms with Gasteiger partial charge in [0.25, 0.3) is 5.56 Å². The summed E-state index contributed by atoms with van der Waals surface area (Å²) in [6, 6.07) is 6.56. The van der Waals surface area contributed by atoms with Gasteiger partial charge in [-0.1, -0.05) is 19.3 Å². The van der Waals surface area contributed by atoms with Gasteiger partial charge in [0.15, 0.2) is 0 Å². The van der Waals surface area contributed by atoms with Crippen molar-refractivity contribution in [3.63, 3.8) is 0 Å². The smallest absolute Gasteiger partial charge is 0.261 e. The van der Waals surface area contributed by atoms with Crippen LogP contribution >= 0.6 is 0 Å². The van der Waals surface area contributed by atoms with E-state index in [-0.39, 0.29) is 5.56 Å². The maximum Gasteiger partial charge on any atom is 0.261 e. The third-order valence-corrected chi connectivity index (χ3v) is 7.40. The molecule has 2 aromatic rings. The molecule has 0 atom stereocenters. The van der Waals surface area contributed by atoms with Crippen molar-refractivity contribution in [2.45, 2.75) is 51.0 Å². The number of anilines is 1. The van der Waals surface area contributed by atoms with Crippen LogP contribution in [0.4, 0.5) is 5.69 Å². The fourth-order valence-electron chi connectivity index (χ4n) is 5.46. The summed E-state index contributed by atoms with van der Waals surface area (Å²) >= 11 is 0. The lowest BCUT2D eigenvalue weighted by atomic mass is 10.1. The highest BCUT2D eigenvalue weighted by Gasteiger charge is 2.21. The van der Waals surface area contributed by atoms with Crippen molar-refractivity contribution in [2.75, 3.05) is 57.3 Å². The molecule has 0 N–H and O–H groups in total. The van der Waals surface area contributed by atoms with Gasteiger partial charge in [0, 0.05) is 51.0 Å². The molecule has 1 aromatic heterocycles. The van der Waals surface area contributed by atoms with Crippen LogP contribution in [-0.4, -0.2) is 71.7 Å². The third-order valence-electron chi connectivity index (χ3n) is 7.40. The Morgan fingerprint density at radius 1 is 0.833 bits per heavy atom. The molecule has 0 radical (unpaired) electrons. The molecule has 5 rings (SSSR count). The summed E-state index contributed by atoms with van der Waals surface area (Å²) in [5.74, 6) is 0. The van der Waals surface area contributed by atoms with Crippen LogP contribution < -0.4 is 10.5 Å². The quantitative estimate of drug-likeness (QED) is 0.759. The summed E-state index contributed by atoms with van der Waals surface area (Å²) in [6.07, 6.45) is 10.6. The molecular weight excluding hydrogens is 374 g/mol. The van der Waals surface area contributed by atoms with Crippen LogP contribution in [0.3, 0.4) is 0 Å². The Kier molecular flexibility index (Phi) is 6.05. The lowest BCUT2D eigenvalue weighted by molar-refractivity contribution is 0.177. The van der Waals surface area contributed by atoms with E-state index in [1.54, 1.807) is 6.33 Å². The molecule has 6 nitrogen and oxygen atoms in total. The molecule has 30 heavy (non-hydrogen) atoms. The fourth-order valence-corrected chi connectivity index (χ4v) is 5.46. The number of likely N-dealkylation sites (tertiary alicyclic amines) is 1. The first-order chi connectivity index (χ1) is 14.8. The lowest BCUT2D eigenvalue weighted by Gasteiger charge is -2.37. The van der Waals surface area contributed by atoms with Gasteiger partial charge in [0.2, 0.25) is 0 Å². The van der Waals surface area contributed by atoms with Crippen molar-refractivity contribution in [3.05, 3.63) is 34.9 Å². The number of aromatic nitrogens is 2. The molecule has 3 fully saturated rings. The highest BCUT2D eigenvalue weighted by molar-refractivity contribution is 5.81. The van der Waals surface area contributed by atoms with Gasteiger partial charge < -0.3 is 9.80 Å². The molecule has 0 unspecified atom stereocenters. The van der Waals surface area contributed by atoms with Gasteiger partial charge in [-0.2, -0.15) is 0 Å². The standard InChI is InChI=1S/C24H35N5O/c30-24-22-9-8-21(18-23(22)25-19-29(24)20-6-2-3-7-20)28-16-14-27(15-17-28)13-12-26-10-4-1-5-11-26/h8-9,18-20H,1-7,10-17H2. The summed E-state index contributed by atoms with van der Waals surface area (Å²) < 4.78 is 1.87. The second-order valence-electron chi connectivity index (χ2n) is 9.33. The largest absolute Gasteiger partial charge is 0.369 e. The van der Waals surface area contributed by atoms with Gasteiger partial charge >= 0.3 is 0 Å². The Bertz CT molecular complexity index is 905. The number of benzene rings is 1. The van der Waals surface area contributed by atoms with E-state index in [1.165, 1.54) is 64.0 Å². The van der Waals surface area contributed by atoms with Crippen LogP contribution in [-0.2, 0) is 0 Å². The van der Waals surface area contributed by atoms with Gasteiger partial charge in [-0.15, -0.1) is 0 Å². The van der Waals surface area contributed by atoms with Gasteiger partial charge in [0.1, 0.15) is 0 Å². The van der Waals surface area contributed by atoms with Crippen molar-refractivity contribution in [1.29, 1.82) is 0 Å². The highest BCUT2D eigenvalue weighted by atomic mass is 16.1. The van der Waals surface area contributed by atoms with Crippen LogP contribution in [0.15, 0.2) is 29.3 Å². The van der Waals surface area contributed by atoms with Crippen molar-refractivity contribution < 1.29 is 0 Å². The highest BCUT2D eigenvalue weighted by Crippen LogP contribution is 2.28. The molecule has 1 aromatic carbocycles. The maximum atomic E-state index is 12.9. The molecule has 6 heteroatoms. The molecule has 0 amide bonds. The number of rotatable bonds is 5. The van der Waals surface area contributed by atoms with Crippen LogP contribution in [0, 0.1) is 0 Å². The summed E-state index contributed by atoms with van der Waals surface area (Å²) in [5, 5.41) is 0.758. The first-order valence-electron chi connectivity index (χ1n) is 12.0. The molecule has 1 aliphatic carbocycles. The first-order valence-corrected chi connectivity index (χ1v) is 12.0. The minimum Gasteiger partial charge on any atom is -0.369 e. The third kappa shape index (κ3) is 4.26. The number of hydrogen-bond donors (Lipinski definition) is 0. The Labute approximate surface area is 179 Å². The van der Waals surface area contributed by atoms with Crippen molar-refractivity contribution in [1.82, 2.24) is 19.4 Å². The van der Waals surface area contributed by atoms with Crippen molar-refractivity contribution in [2.24, 2.45) is 0 Å². The van der Waals surface area contributed by atoms with Crippen LogP contribution in [0.1, 0.15) is 51.0 Å². The number of hydrogen-bond acceptors (Lipinski definition) is 5. The molecule has 3 aliphatic rings. The topological polar surface area (TPSA) is 44.6 Å². The molecule has 0 bridgehead atoms. The average molecular weight is 410 g/mol. The lowest BCUT2D eigenvalue weighted by Crippen LogP contribution is -2.48. The number of piperidine rings is 1. The Hall–Kier alpha value is -1.92. The predicted octanol–water partition coefficient (Wildman–Crippen LogP) is 3.12. The van der Waals surface area contributed by atoms with E-state index in [1.807, 2.05) is 10.6 Å². The van der Waals surface area contributed by atoms with E-state index in [0.717, 1.165) is 49.9 Å². The molecule has 2 aliphatic heterocycles. The SMILES string of the molecule is O=c1c2ccc(N3CCN(CCN4CCCCC4)CC3)cc2ncn1C1CCCC1. The van der Waals surface area contributed by atoms with Crippen LogP contribution in [0.25, 0.3) is 10.9 Å². The number of piperazine rings is 1. The fraction of sp³-hybridized carbons (Fsp3) is 0.667. The maximum absolute atomic E-state index is 12.9. The zero-order valence-electron chi connectivity index (χ0n) is 18.1. The predicted molar refractivity (Wildman–Crippen MR) is 122 cm³/mol. The van der Waals surface area contributed by atoms with E-state index in [4.69, 9.17) is 0 Å². The van der Waals surface area contributed by atoms with Crippen molar-refractivity contribution in [3.8, 4) is 0 Å². The molecule has 2 saturated heterocycles. The second-order valence-corrected chi connectivity index (χ2v) is 9.33. The summed E-state index contributed by atoms with van der Waals surface area (Å²) in [6.45, 7) is 9.29. The van der Waals surface area contributed by atoms with Crippen LogP contribution in [0.5, 0.6) is 0 Å². The van der Waals surface area contributed by atoms with Gasteiger partial charge in [0.05, 0.1) is 17.2 Å². The molecular formula is C24H35N5O. The summed E-state index contributed by atoms with van der Waals surface area (Å²) in [5.41, 5.74) is 2.16. The first kappa shape index (κ1) is 20.0. The normalized spacial score (nSPS) is 22.2. The van der Waals surface area contributed by atoms with E-state index >= 15 is 0 Å². The van der Waals surface area contributed by atoms with Gasteiger partial charge in [-0.3, -0.25) is 14.3 Å². The monoisotopic (exact) mass is 409 g/mol. The Morgan fingerprint density at radius 2 is 1.53 bits per heavy atom. The van der Waals surface area contributed by atoms with Crippen molar-refractivity contribution >= 4 is 16.6 Å². The van der Waals surface area contributed by atoms with E-state index in [2.05, 4.69) is 31.8 Å². The Morgan fingerprint density at radius 3 is 2.27 bits per heavy atom. The van der Waals surface area contributed by atoms with Crippen LogP contribution in [0.2, 0.25) is 0 Å². The summed E-state index contributed by atoms with van der Waals surface area (Å²) in [4.78, 5) is 25.3. The minimum absolute atomic E-state index is 0.126. The van der Waals surface area contributed by atoms with E-state index in [9.17, 15) is 4.79 Å². The van der Waals surface area contributed by atoms with E-state index in [0.29, 0.717) is 6.04 Å². The zero-order valence-corrected chi connectivity index (χ0v) is 18.1. The molecule has 1 saturated carbocycles.